The Morgan fingerprint density at radius 3 is 2.32 bits per heavy atom. The van der Waals surface area contributed by atoms with Gasteiger partial charge in [0, 0.05) is 33.5 Å². The van der Waals surface area contributed by atoms with Crippen LogP contribution in [0.25, 0.3) is 17.1 Å². The molecule has 0 unspecified atom stereocenters. The van der Waals surface area contributed by atoms with Crippen molar-refractivity contribution in [2.75, 3.05) is 6.61 Å². The summed E-state index contributed by atoms with van der Waals surface area (Å²) in [6.45, 7) is 1.23. The van der Waals surface area contributed by atoms with Gasteiger partial charge in [0.05, 0.1) is 17.7 Å². The van der Waals surface area contributed by atoms with Gasteiger partial charge < -0.3 is 9.30 Å². The van der Waals surface area contributed by atoms with Crippen molar-refractivity contribution in [2.45, 2.75) is 25.8 Å². The molecule has 0 bridgehead atoms. The molecule has 1 aromatic carbocycles. The first-order valence-electron chi connectivity index (χ1n) is 9.55. The summed E-state index contributed by atoms with van der Waals surface area (Å²) in [4.78, 5) is 16.2. The number of nitrogens with zero attached hydrogens (tertiary/aromatic N) is 3. The zero-order valence-electron chi connectivity index (χ0n) is 17.3. The van der Waals surface area contributed by atoms with Crippen molar-refractivity contribution in [2.24, 2.45) is 0 Å². The fraction of sp³-hybridized carbons (Fsp3) is 0.227. The van der Waals surface area contributed by atoms with E-state index in [4.69, 9.17) is 4.74 Å². The molecule has 34 heavy (non-hydrogen) atoms. The molecule has 0 N–H and O–H groups in total. The van der Waals surface area contributed by atoms with E-state index in [-0.39, 0.29) is 36.0 Å². The second-order valence-electron chi connectivity index (χ2n) is 7.01. The number of hydrogen-bond donors (Lipinski definition) is 0. The molecule has 0 aliphatic carbocycles. The minimum Gasteiger partial charge on any atom is -0.462 e. The minimum absolute atomic E-state index is 0.0375. The molecule has 0 amide bonds. The van der Waals surface area contributed by atoms with Gasteiger partial charge in [0.15, 0.2) is 0 Å². The van der Waals surface area contributed by atoms with Gasteiger partial charge in [-0.1, -0.05) is 0 Å². The van der Waals surface area contributed by atoms with Crippen LogP contribution in [-0.2, 0) is 28.4 Å². The molecule has 0 saturated heterocycles. The van der Waals surface area contributed by atoms with E-state index < -0.39 is 29.4 Å². The van der Waals surface area contributed by atoms with Gasteiger partial charge in [-0.05, 0) is 65.4 Å². The first kappa shape index (κ1) is 25.5. The third kappa shape index (κ3) is 5.52. The second-order valence-corrected chi connectivity index (χ2v) is 8.17. The topological polar surface area (TPSA) is 67.9 Å². The molecule has 0 radical (unpaired) electrons. The van der Waals surface area contributed by atoms with Crippen LogP contribution in [0.4, 0.5) is 26.3 Å². The first-order valence-corrected chi connectivity index (χ1v) is 10.6. The normalized spacial score (nSPS) is 12.6. The lowest BCUT2D eigenvalue weighted by Gasteiger charge is -2.15. The SMILES string of the molecule is CCOC(=O)/C(C#N)=C/c1cn(Cc2cc(C(F)(F)F)cc(C(F)(F)F)c2)c2nccc(I)c12. The number of fused-ring (bicyclic) bond motifs is 1. The van der Waals surface area contributed by atoms with Crippen molar-refractivity contribution < 1.29 is 35.9 Å². The van der Waals surface area contributed by atoms with E-state index in [1.807, 2.05) is 22.6 Å². The van der Waals surface area contributed by atoms with Crippen LogP contribution in [0.3, 0.4) is 0 Å². The van der Waals surface area contributed by atoms with E-state index in [9.17, 15) is 36.4 Å². The molecule has 3 rings (SSSR count). The van der Waals surface area contributed by atoms with Crippen LogP contribution in [-0.4, -0.2) is 22.1 Å². The Morgan fingerprint density at radius 1 is 1.18 bits per heavy atom. The van der Waals surface area contributed by atoms with Gasteiger partial charge in [0.2, 0.25) is 0 Å². The van der Waals surface area contributed by atoms with Gasteiger partial charge in [0.1, 0.15) is 17.3 Å². The largest absolute Gasteiger partial charge is 0.462 e. The summed E-state index contributed by atoms with van der Waals surface area (Å²) in [5.41, 5.74) is -2.83. The highest BCUT2D eigenvalue weighted by molar-refractivity contribution is 14.1. The Kier molecular flexibility index (Phi) is 7.25. The Morgan fingerprint density at radius 2 is 1.79 bits per heavy atom. The van der Waals surface area contributed by atoms with E-state index >= 15 is 0 Å². The molecule has 2 aromatic heterocycles. The zero-order chi connectivity index (χ0) is 25.3. The number of nitriles is 1. The summed E-state index contributed by atoms with van der Waals surface area (Å²) in [6, 6.07) is 4.71. The molecule has 0 fully saturated rings. The summed E-state index contributed by atoms with van der Waals surface area (Å²) in [5, 5.41) is 9.80. The molecular formula is C22H14F6IN3O2. The van der Waals surface area contributed by atoms with Gasteiger partial charge in [-0.3, -0.25) is 0 Å². The van der Waals surface area contributed by atoms with E-state index in [2.05, 4.69) is 4.98 Å². The number of carbonyl (C=O) groups excluding carboxylic acids is 1. The Balaban J connectivity index is 2.17. The van der Waals surface area contributed by atoms with Crippen LogP contribution in [0.2, 0.25) is 0 Å². The van der Waals surface area contributed by atoms with E-state index in [1.165, 1.54) is 23.0 Å². The maximum atomic E-state index is 13.2. The highest BCUT2D eigenvalue weighted by Crippen LogP contribution is 2.37. The number of halogens is 7. The van der Waals surface area contributed by atoms with E-state index in [0.717, 1.165) is 0 Å². The molecular weight excluding hydrogens is 579 g/mol. The third-order valence-electron chi connectivity index (χ3n) is 4.65. The molecule has 0 saturated carbocycles. The van der Waals surface area contributed by atoms with Gasteiger partial charge in [-0.2, -0.15) is 31.6 Å². The lowest BCUT2D eigenvalue weighted by atomic mass is 10.0. The van der Waals surface area contributed by atoms with Crippen molar-refractivity contribution in [1.82, 2.24) is 9.55 Å². The summed E-state index contributed by atoms with van der Waals surface area (Å²) < 4.78 is 86.3. The highest BCUT2D eigenvalue weighted by atomic mass is 127. The van der Waals surface area contributed by atoms with E-state index in [0.29, 0.717) is 26.7 Å². The summed E-state index contributed by atoms with van der Waals surface area (Å²) in [5.74, 6) is -0.863. The van der Waals surface area contributed by atoms with Crippen molar-refractivity contribution >= 4 is 45.7 Å². The Labute approximate surface area is 202 Å². The maximum Gasteiger partial charge on any atom is 0.416 e. The van der Waals surface area contributed by atoms with Crippen LogP contribution in [0.15, 0.2) is 42.2 Å². The van der Waals surface area contributed by atoms with Crippen LogP contribution in [0.1, 0.15) is 29.2 Å². The molecule has 0 atom stereocenters. The third-order valence-corrected chi connectivity index (χ3v) is 5.55. The average Bonchev–Trinajstić information content (AvgIpc) is 3.09. The number of aromatic nitrogens is 2. The van der Waals surface area contributed by atoms with Crippen molar-refractivity contribution in [1.29, 1.82) is 5.26 Å². The van der Waals surface area contributed by atoms with Crippen LogP contribution in [0.5, 0.6) is 0 Å². The number of ether oxygens (including phenoxy) is 1. The fourth-order valence-electron chi connectivity index (χ4n) is 3.24. The predicted octanol–water partition coefficient (Wildman–Crippen LogP) is 6.20. The minimum atomic E-state index is -4.97. The van der Waals surface area contributed by atoms with Crippen molar-refractivity contribution in [3.05, 3.63) is 68.1 Å². The predicted molar refractivity (Wildman–Crippen MR) is 118 cm³/mol. The van der Waals surface area contributed by atoms with Crippen LogP contribution in [0, 0.1) is 14.9 Å². The summed E-state index contributed by atoms with van der Waals surface area (Å²) in [7, 11) is 0. The number of benzene rings is 1. The fourth-order valence-corrected chi connectivity index (χ4v) is 3.96. The zero-order valence-corrected chi connectivity index (χ0v) is 19.4. The van der Waals surface area contributed by atoms with Crippen LogP contribution >= 0.6 is 22.6 Å². The van der Waals surface area contributed by atoms with Gasteiger partial charge in [-0.25, -0.2) is 9.78 Å². The van der Waals surface area contributed by atoms with Crippen molar-refractivity contribution in [3.63, 3.8) is 0 Å². The molecule has 5 nitrogen and oxygen atoms in total. The number of carbonyl (C=O) groups is 1. The monoisotopic (exact) mass is 593 g/mol. The highest BCUT2D eigenvalue weighted by Gasteiger charge is 2.37. The van der Waals surface area contributed by atoms with E-state index in [1.54, 1.807) is 19.1 Å². The van der Waals surface area contributed by atoms with Gasteiger partial charge in [-0.15, -0.1) is 0 Å². The summed E-state index contributed by atoms with van der Waals surface area (Å²) in [6.07, 6.45) is -5.87. The number of alkyl halides is 6. The quantitative estimate of drug-likeness (QED) is 0.116. The number of pyridine rings is 1. The molecule has 0 spiro atoms. The average molecular weight is 593 g/mol. The molecule has 178 valence electrons. The Bertz CT molecular complexity index is 1290. The molecule has 12 heteroatoms. The Hall–Kier alpha value is -3.08. The second kappa shape index (κ2) is 9.65. The number of esters is 1. The number of rotatable bonds is 5. The molecule has 0 aliphatic rings. The molecule has 2 heterocycles. The molecule has 3 aromatic rings. The smallest absolute Gasteiger partial charge is 0.416 e. The summed E-state index contributed by atoms with van der Waals surface area (Å²) >= 11 is 1.97. The van der Waals surface area contributed by atoms with Crippen LogP contribution < -0.4 is 0 Å². The standard InChI is InChI=1S/C22H14F6IN3O2/c1-2-34-20(33)13(9-30)7-14-11-32(19-18(14)17(29)3-4-31-19)10-12-5-15(21(23,24)25)8-16(6-12)22(26,27)28/h3-8,11H,2,10H2,1H3/b13-7+. The van der Waals surface area contributed by atoms with Gasteiger partial charge in [0.25, 0.3) is 0 Å². The lowest BCUT2D eigenvalue weighted by Crippen LogP contribution is -2.12. The maximum absolute atomic E-state index is 13.2. The number of hydrogen-bond acceptors (Lipinski definition) is 4. The van der Waals surface area contributed by atoms with Crippen molar-refractivity contribution in [3.8, 4) is 6.07 Å². The lowest BCUT2D eigenvalue weighted by molar-refractivity contribution is -0.143. The van der Waals surface area contributed by atoms with Gasteiger partial charge >= 0.3 is 18.3 Å². The first-order chi connectivity index (χ1) is 15.8. The molecule has 0 aliphatic heterocycles.